The first kappa shape index (κ1) is 20.2. The van der Waals surface area contributed by atoms with Gasteiger partial charge in [-0.3, -0.25) is 14.4 Å². The van der Waals surface area contributed by atoms with Gasteiger partial charge in [0.15, 0.2) is 17.2 Å². The number of esters is 1. The largest absolute Gasteiger partial charge is 0.493 e. The number of amides is 1. The number of rotatable bonds is 9. The molecule has 1 atom stereocenters. The van der Waals surface area contributed by atoms with E-state index in [1.54, 1.807) is 13.8 Å². The van der Waals surface area contributed by atoms with Gasteiger partial charge in [-0.05, 0) is 0 Å². The topological polar surface area (TPSA) is 124 Å². The van der Waals surface area contributed by atoms with Gasteiger partial charge in [0.2, 0.25) is 6.79 Å². The highest BCUT2D eigenvalue weighted by molar-refractivity contribution is 5.96. The lowest BCUT2D eigenvalue weighted by atomic mass is 10.2. The molecule has 1 rings (SSSR count). The molecule has 1 unspecified atom stereocenters. The second-order valence-electron chi connectivity index (χ2n) is 5.52. The third-order valence-corrected chi connectivity index (χ3v) is 3.17. The Morgan fingerprint density at radius 1 is 1.28 bits per heavy atom. The summed E-state index contributed by atoms with van der Waals surface area (Å²) >= 11 is 0. The fourth-order valence-electron chi connectivity index (χ4n) is 1.62. The quantitative estimate of drug-likeness (QED) is 0.498. The van der Waals surface area contributed by atoms with Crippen LogP contribution in [0.15, 0.2) is 12.3 Å². The molecule has 9 heteroatoms. The van der Waals surface area contributed by atoms with Gasteiger partial charge in [-0.1, -0.05) is 20.8 Å². The Balaban J connectivity index is 2.86. The molecule has 0 saturated heterocycles. The molecule has 0 spiro atoms. The Morgan fingerprint density at radius 2 is 1.96 bits per heavy atom. The van der Waals surface area contributed by atoms with E-state index in [0.29, 0.717) is 0 Å². The van der Waals surface area contributed by atoms with Crippen LogP contribution in [0.1, 0.15) is 31.3 Å². The van der Waals surface area contributed by atoms with Crippen LogP contribution in [0.25, 0.3) is 0 Å². The van der Waals surface area contributed by atoms with E-state index in [0.717, 1.165) is 0 Å². The van der Waals surface area contributed by atoms with Crippen molar-refractivity contribution in [1.29, 1.82) is 0 Å². The maximum atomic E-state index is 12.3. The maximum absolute atomic E-state index is 12.3. The summed E-state index contributed by atoms with van der Waals surface area (Å²) in [6.07, 6.45) is 1.35. The molecule has 2 N–H and O–H groups in total. The van der Waals surface area contributed by atoms with Crippen molar-refractivity contribution in [3.63, 3.8) is 0 Å². The highest BCUT2D eigenvalue weighted by Crippen LogP contribution is 2.29. The summed E-state index contributed by atoms with van der Waals surface area (Å²) in [6, 6.07) is 1.48. The fourth-order valence-corrected chi connectivity index (χ4v) is 1.62. The van der Waals surface area contributed by atoms with Crippen molar-refractivity contribution in [3.05, 3.63) is 18.0 Å². The van der Waals surface area contributed by atoms with Gasteiger partial charge in [0.1, 0.15) is 0 Å². The molecule has 0 saturated carbocycles. The normalized spacial score (nSPS) is 11.6. The number of methoxy groups -OCH3 is 1. The SMILES string of the molecule is COc1ccnc(C(=O)NCC(C)C(=O)O)c1OCOC(=O)C(C)C. The predicted molar refractivity (Wildman–Crippen MR) is 86.3 cm³/mol. The van der Waals surface area contributed by atoms with Crippen LogP contribution in [0.3, 0.4) is 0 Å². The van der Waals surface area contributed by atoms with Crippen molar-refractivity contribution in [3.8, 4) is 11.5 Å². The molecule has 138 valence electrons. The number of pyridine rings is 1. The second kappa shape index (κ2) is 9.45. The molecular formula is C16H22N2O7. The summed E-state index contributed by atoms with van der Waals surface area (Å²) in [4.78, 5) is 38.5. The van der Waals surface area contributed by atoms with E-state index >= 15 is 0 Å². The first-order chi connectivity index (χ1) is 11.8. The summed E-state index contributed by atoms with van der Waals surface area (Å²) in [5.74, 6) is -2.96. The summed E-state index contributed by atoms with van der Waals surface area (Å²) in [5.41, 5.74) is -0.0995. The van der Waals surface area contributed by atoms with Crippen LogP contribution in [0.5, 0.6) is 11.5 Å². The van der Waals surface area contributed by atoms with Gasteiger partial charge in [0.25, 0.3) is 5.91 Å². The molecule has 0 aliphatic heterocycles. The minimum atomic E-state index is -1.03. The average molecular weight is 354 g/mol. The molecule has 0 bridgehead atoms. The lowest BCUT2D eigenvalue weighted by Gasteiger charge is -2.15. The van der Waals surface area contributed by atoms with E-state index in [9.17, 15) is 14.4 Å². The lowest BCUT2D eigenvalue weighted by molar-refractivity contribution is -0.154. The zero-order valence-corrected chi connectivity index (χ0v) is 14.6. The smallest absolute Gasteiger partial charge is 0.311 e. The molecule has 0 radical (unpaired) electrons. The fraction of sp³-hybridized carbons (Fsp3) is 0.500. The van der Waals surface area contributed by atoms with Crippen LogP contribution in [0.4, 0.5) is 0 Å². The van der Waals surface area contributed by atoms with E-state index in [1.807, 2.05) is 0 Å². The summed E-state index contributed by atoms with van der Waals surface area (Å²) in [7, 11) is 1.39. The van der Waals surface area contributed by atoms with E-state index in [1.165, 1.54) is 26.3 Å². The minimum absolute atomic E-state index is 0.00188. The highest BCUT2D eigenvalue weighted by atomic mass is 16.7. The number of ether oxygens (including phenoxy) is 3. The van der Waals surface area contributed by atoms with Crippen molar-refractivity contribution < 1.29 is 33.7 Å². The van der Waals surface area contributed by atoms with Crippen LogP contribution in [0.2, 0.25) is 0 Å². The van der Waals surface area contributed by atoms with Crippen molar-refractivity contribution >= 4 is 17.8 Å². The molecule has 1 aromatic heterocycles. The molecule has 0 aliphatic carbocycles. The number of aromatic nitrogens is 1. The lowest BCUT2D eigenvalue weighted by Crippen LogP contribution is -2.32. The molecule has 1 heterocycles. The van der Waals surface area contributed by atoms with Gasteiger partial charge in [-0.25, -0.2) is 4.98 Å². The number of hydrogen-bond acceptors (Lipinski definition) is 7. The van der Waals surface area contributed by atoms with E-state index in [-0.39, 0.29) is 29.7 Å². The molecular weight excluding hydrogens is 332 g/mol. The van der Waals surface area contributed by atoms with Crippen LogP contribution >= 0.6 is 0 Å². The third kappa shape index (κ3) is 5.94. The van der Waals surface area contributed by atoms with Crippen LogP contribution < -0.4 is 14.8 Å². The predicted octanol–water partition coefficient (Wildman–Crippen LogP) is 1.08. The van der Waals surface area contributed by atoms with Crippen molar-refractivity contribution in [2.45, 2.75) is 20.8 Å². The Bertz CT molecular complexity index is 631. The Hall–Kier alpha value is -2.84. The van der Waals surface area contributed by atoms with Gasteiger partial charge in [-0.2, -0.15) is 0 Å². The minimum Gasteiger partial charge on any atom is -0.493 e. The van der Waals surface area contributed by atoms with Crippen molar-refractivity contribution in [2.75, 3.05) is 20.4 Å². The summed E-state index contributed by atoms with van der Waals surface area (Å²) in [5, 5.41) is 11.3. The van der Waals surface area contributed by atoms with E-state index in [2.05, 4.69) is 10.3 Å². The number of carboxylic acids is 1. The van der Waals surface area contributed by atoms with Gasteiger partial charge in [-0.15, -0.1) is 0 Å². The van der Waals surface area contributed by atoms with Gasteiger partial charge >= 0.3 is 11.9 Å². The maximum Gasteiger partial charge on any atom is 0.311 e. The third-order valence-electron chi connectivity index (χ3n) is 3.17. The number of carbonyl (C=O) groups excluding carboxylic acids is 2. The molecule has 0 fully saturated rings. The standard InChI is InChI=1S/C16H22N2O7/c1-9(2)16(22)25-8-24-13-11(23-4)5-6-17-12(13)14(19)18-7-10(3)15(20)21/h5-6,9-10H,7-8H2,1-4H3,(H,18,19)(H,20,21). The average Bonchev–Trinajstić information content (AvgIpc) is 2.58. The number of carbonyl (C=O) groups is 3. The number of aliphatic carboxylic acids is 1. The molecule has 0 aromatic carbocycles. The van der Waals surface area contributed by atoms with Gasteiger partial charge in [0, 0.05) is 18.8 Å². The van der Waals surface area contributed by atoms with Crippen molar-refractivity contribution in [1.82, 2.24) is 10.3 Å². The Kier molecular flexibility index (Phi) is 7.64. The summed E-state index contributed by atoms with van der Waals surface area (Å²) in [6.45, 7) is 4.33. The van der Waals surface area contributed by atoms with Gasteiger partial charge in [0.05, 0.1) is 18.9 Å². The molecule has 0 aliphatic rings. The van der Waals surface area contributed by atoms with E-state index < -0.39 is 30.6 Å². The number of hydrogen-bond donors (Lipinski definition) is 2. The van der Waals surface area contributed by atoms with Crippen molar-refractivity contribution in [2.24, 2.45) is 11.8 Å². The zero-order valence-electron chi connectivity index (χ0n) is 14.6. The zero-order chi connectivity index (χ0) is 19.0. The first-order valence-electron chi connectivity index (χ1n) is 7.61. The van der Waals surface area contributed by atoms with Crippen LogP contribution in [0, 0.1) is 11.8 Å². The van der Waals surface area contributed by atoms with E-state index in [4.69, 9.17) is 19.3 Å². The first-order valence-corrected chi connectivity index (χ1v) is 7.61. The molecule has 25 heavy (non-hydrogen) atoms. The number of nitrogens with zero attached hydrogens (tertiary/aromatic N) is 1. The molecule has 9 nitrogen and oxygen atoms in total. The second-order valence-corrected chi connectivity index (χ2v) is 5.52. The summed E-state index contributed by atoms with van der Waals surface area (Å²) < 4.78 is 15.4. The number of carboxylic acid groups (broad SMARTS) is 1. The van der Waals surface area contributed by atoms with Gasteiger partial charge < -0.3 is 24.6 Å². The van der Waals surface area contributed by atoms with Crippen LogP contribution in [-0.4, -0.2) is 48.4 Å². The number of nitrogens with one attached hydrogen (secondary N) is 1. The Morgan fingerprint density at radius 3 is 2.52 bits per heavy atom. The molecule has 1 amide bonds. The van der Waals surface area contributed by atoms with Crippen LogP contribution in [-0.2, 0) is 14.3 Å². The molecule has 1 aromatic rings. The highest BCUT2D eigenvalue weighted by Gasteiger charge is 2.21. The monoisotopic (exact) mass is 354 g/mol. The Labute approximate surface area is 145 Å².